The molecular formula is C15H12Cl3HfSi. The van der Waals surface area contributed by atoms with Crippen LogP contribution in [0.1, 0.15) is 26.8 Å². The Morgan fingerprint density at radius 1 is 1.30 bits per heavy atom. The smallest absolute Gasteiger partial charge is 1.00 e. The minimum Gasteiger partial charge on any atom is -1.00 e. The molecule has 101 valence electrons. The first-order chi connectivity index (χ1) is 8.62. The summed E-state index contributed by atoms with van der Waals surface area (Å²) in [7, 11) is -1.61. The summed E-state index contributed by atoms with van der Waals surface area (Å²) in [5, 5.41) is 3.22. The molecule has 0 saturated heterocycles. The summed E-state index contributed by atoms with van der Waals surface area (Å²) < 4.78 is 0.694. The first-order valence-electron chi connectivity index (χ1n) is 6.27. The van der Waals surface area contributed by atoms with Crippen molar-refractivity contribution in [1.82, 2.24) is 0 Å². The molecule has 1 aromatic carbocycles. The zero-order valence-corrected chi connectivity index (χ0v) is 17.7. The molecule has 0 spiro atoms. The van der Waals surface area contributed by atoms with Gasteiger partial charge in [0.25, 0.3) is 0 Å². The molecule has 3 aliphatic rings. The average molecular weight is 505 g/mol. The molecule has 2 aliphatic carbocycles. The number of fused-ring (bicyclic) bond motifs is 2. The minimum atomic E-state index is -1.61. The van der Waals surface area contributed by atoms with Gasteiger partial charge in [-0.05, 0) is 0 Å². The number of benzene rings is 1. The number of hydrogen-bond donors (Lipinski definition) is 0. The van der Waals surface area contributed by atoms with Crippen LogP contribution in [0.25, 0.3) is 10.8 Å². The van der Waals surface area contributed by atoms with E-state index in [9.17, 15) is 0 Å². The molecule has 5 heteroatoms. The molecule has 0 nitrogen and oxygen atoms in total. The van der Waals surface area contributed by atoms with Crippen molar-refractivity contribution in [2.45, 2.75) is 16.6 Å². The fourth-order valence-corrected chi connectivity index (χ4v) is 13.6. The molecule has 1 aromatic rings. The molecule has 2 unspecified atom stereocenters. The van der Waals surface area contributed by atoms with Crippen LogP contribution in [0.3, 0.4) is 0 Å². The van der Waals surface area contributed by atoms with Crippen LogP contribution in [0.2, 0.25) is 6.55 Å². The van der Waals surface area contributed by atoms with E-state index in [-0.39, 0.29) is 24.8 Å². The first kappa shape index (κ1) is 16.8. The Labute approximate surface area is 152 Å². The summed E-state index contributed by atoms with van der Waals surface area (Å²) in [6.45, 7) is 2.30. The van der Waals surface area contributed by atoms with E-state index < -0.39 is 7.38 Å². The van der Waals surface area contributed by atoms with Crippen LogP contribution in [0.5, 0.6) is 0 Å². The van der Waals surface area contributed by atoms with Crippen molar-refractivity contribution in [2.24, 2.45) is 0 Å². The second-order valence-electron chi connectivity index (χ2n) is 5.32. The van der Waals surface area contributed by atoms with Crippen molar-refractivity contribution >= 4 is 29.2 Å². The second kappa shape index (κ2) is 5.55. The van der Waals surface area contributed by atoms with Gasteiger partial charge >= 0.3 is 129 Å². The maximum absolute atomic E-state index is 6.76. The normalized spacial score (nSPS) is 28.4. The zero-order valence-electron chi connectivity index (χ0n) is 10.9. The number of rotatable bonds is 1. The van der Waals surface area contributed by atoms with E-state index in [4.69, 9.17) is 11.1 Å². The molecule has 0 bridgehead atoms. The van der Waals surface area contributed by atoms with E-state index in [0.717, 1.165) is 6.42 Å². The van der Waals surface area contributed by atoms with Gasteiger partial charge in [-0.1, -0.05) is 0 Å². The molecule has 20 heavy (non-hydrogen) atoms. The summed E-state index contributed by atoms with van der Waals surface area (Å²) in [5.74, 6) is 0. The Balaban J connectivity index is 0.000000735. The van der Waals surface area contributed by atoms with Crippen LogP contribution in [-0.2, 0) is 24.4 Å². The van der Waals surface area contributed by atoms with Gasteiger partial charge in [-0.25, -0.2) is 0 Å². The summed E-state index contributed by atoms with van der Waals surface area (Å²) in [6.07, 6.45) is 7.74. The standard InChI is InChI=1S/C15H12ClSi.2ClH.Hf/c1-17(16)13-9-11-7-4-8-12(14(11)15(13)17)10-5-2-3-6-10;;;/h2-5,7-9H,6H2,1H3;2*1H;/q;;;+2/p-2. The minimum absolute atomic E-state index is 0. The Morgan fingerprint density at radius 3 is 2.70 bits per heavy atom. The SMILES string of the molecule is C[Si]1(Cl)C2=C1[CH]([Hf+2])c1cccc(C3=CC=CC3)c12.[Cl-].[Cl-]. The van der Waals surface area contributed by atoms with Gasteiger partial charge in [-0.3, -0.25) is 0 Å². The van der Waals surface area contributed by atoms with Gasteiger partial charge in [0.05, 0.1) is 0 Å². The summed E-state index contributed by atoms with van der Waals surface area (Å²) in [6, 6.07) is 6.81. The third-order valence-corrected chi connectivity index (χ3v) is 11.4. The molecule has 0 aromatic heterocycles. The summed E-state index contributed by atoms with van der Waals surface area (Å²) in [5.41, 5.74) is 5.98. The number of halogens is 3. The molecule has 0 radical (unpaired) electrons. The second-order valence-corrected chi connectivity index (χ2v) is 12.7. The van der Waals surface area contributed by atoms with Crippen LogP contribution >= 0.6 is 11.1 Å². The van der Waals surface area contributed by atoms with E-state index in [1.165, 1.54) is 41.1 Å². The number of hydrogen-bond acceptors (Lipinski definition) is 0. The van der Waals surface area contributed by atoms with Gasteiger partial charge in [-0.15, -0.1) is 0 Å². The van der Waals surface area contributed by atoms with Crippen LogP contribution in [-0.4, -0.2) is 7.38 Å². The van der Waals surface area contributed by atoms with Gasteiger partial charge in [-0.2, -0.15) is 0 Å². The predicted molar refractivity (Wildman–Crippen MR) is 75.3 cm³/mol. The Bertz CT molecular complexity index is 674. The van der Waals surface area contributed by atoms with E-state index >= 15 is 0 Å². The van der Waals surface area contributed by atoms with Crippen molar-refractivity contribution < 1.29 is 49.2 Å². The van der Waals surface area contributed by atoms with Crippen LogP contribution in [0, 0.1) is 0 Å². The third kappa shape index (κ3) is 2.11. The first-order valence-corrected chi connectivity index (χ1v) is 11.9. The van der Waals surface area contributed by atoms with Crippen molar-refractivity contribution in [2.75, 3.05) is 0 Å². The zero-order chi connectivity index (χ0) is 12.5. The average Bonchev–Trinajstić information content (AvgIpc) is 2.79. The molecular weight excluding hydrogens is 493 g/mol. The molecule has 1 aliphatic heterocycles. The van der Waals surface area contributed by atoms with E-state index in [1.54, 1.807) is 16.0 Å². The monoisotopic (exact) mass is 505 g/mol. The molecule has 0 amide bonds. The third-order valence-electron chi connectivity index (χ3n) is 4.25. The van der Waals surface area contributed by atoms with Gasteiger partial charge in [0.15, 0.2) is 0 Å². The van der Waals surface area contributed by atoms with E-state index in [1.807, 2.05) is 0 Å². The van der Waals surface area contributed by atoms with Crippen molar-refractivity contribution in [3.8, 4) is 0 Å². The number of allylic oxidation sites excluding steroid dienone is 5. The van der Waals surface area contributed by atoms with E-state index in [2.05, 4.69) is 43.0 Å². The van der Waals surface area contributed by atoms with Crippen LogP contribution < -0.4 is 24.8 Å². The van der Waals surface area contributed by atoms with Gasteiger partial charge in [0.2, 0.25) is 0 Å². The summed E-state index contributed by atoms with van der Waals surface area (Å²) >= 11 is 7.96. The maximum atomic E-state index is 6.76. The van der Waals surface area contributed by atoms with E-state index in [0.29, 0.717) is 3.67 Å². The Hall–Kier alpha value is 0.397. The summed E-state index contributed by atoms with van der Waals surface area (Å²) in [4.78, 5) is 0. The van der Waals surface area contributed by atoms with Gasteiger partial charge < -0.3 is 24.8 Å². The van der Waals surface area contributed by atoms with Gasteiger partial charge in [0.1, 0.15) is 0 Å². The van der Waals surface area contributed by atoms with Crippen molar-refractivity contribution in [3.63, 3.8) is 0 Å². The quantitative estimate of drug-likeness (QED) is 0.316. The Morgan fingerprint density at radius 2 is 2.05 bits per heavy atom. The fraction of sp³-hybridized carbons (Fsp3) is 0.200. The van der Waals surface area contributed by atoms with Crippen LogP contribution in [0.4, 0.5) is 0 Å². The Kier molecular flexibility index (Phi) is 4.65. The molecule has 4 rings (SSSR count). The van der Waals surface area contributed by atoms with Crippen LogP contribution in [0.15, 0.2) is 41.6 Å². The fourth-order valence-electron chi connectivity index (χ4n) is 3.32. The topological polar surface area (TPSA) is 0 Å². The maximum Gasteiger partial charge on any atom is -1.00 e. The molecule has 2 atom stereocenters. The predicted octanol–water partition coefficient (Wildman–Crippen LogP) is -1.70. The molecule has 0 N–H and O–H groups in total. The van der Waals surface area contributed by atoms with Crippen molar-refractivity contribution in [1.29, 1.82) is 0 Å². The van der Waals surface area contributed by atoms with Crippen molar-refractivity contribution in [3.05, 3.63) is 58.3 Å². The molecule has 1 heterocycles. The molecule has 0 saturated carbocycles. The molecule has 0 fully saturated rings. The largest absolute Gasteiger partial charge is 1.00 e. The van der Waals surface area contributed by atoms with Gasteiger partial charge in [0, 0.05) is 0 Å².